The minimum Gasteiger partial charge on any atom is -0.386 e. The molecule has 3 N–H and O–H groups in total. The van der Waals surface area contributed by atoms with Gasteiger partial charge in [0, 0.05) is 29.8 Å². The van der Waals surface area contributed by atoms with Crippen LogP contribution in [0.5, 0.6) is 0 Å². The maximum atomic E-state index is 12.8. The number of hydrogen-bond acceptors (Lipinski definition) is 5. The Balaban J connectivity index is 1.47. The number of carbonyl (C=O) groups excluding carboxylic acids is 1. The highest BCUT2D eigenvalue weighted by Gasteiger charge is 2.18. The summed E-state index contributed by atoms with van der Waals surface area (Å²) in [6.45, 7) is 5.27. The van der Waals surface area contributed by atoms with Crippen molar-refractivity contribution >= 4 is 17.4 Å². The van der Waals surface area contributed by atoms with Crippen LogP contribution in [0.1, 0.15) is 40.9 Å². The SMILES string of the molecule is CC(C)(O)c1ccc(C(=O)Nc2cc(-c3ccc4c(c3)CNCC4)n3nccc3n2)cc1. The van der Waals surface area contributed by atoms with E-state index in [0.29, 0.717) is 17.0 Å². The molecular weight excluding hydrogens is 402 g/mol. The molecule has 2 aromatic heterocycles. The van der Waals surface area contributed by atoms with Crippen molar-refractivity contribution < 1.29 is 9.90 Å². The van der Waals surface area contributed by atoms with Crippen LogP contribution in [0.15, 0.2) is 60.8 Å². The summed E-state index contributed by atoms with van der Waals surface area (Å²) in [5, 5.41) is 20.9. The smallest absolute Gasteiger partial charge is 0.256 e. The Kier molecular flexibility index (Phi) is 5.00. The van der Waals surface area contributed by atoms with Crippen LogP contribution in [0.25, 0.3) is 16.9 Å². The summed E-state index contributed by atoms with van der Waals surface area (Å²) in [4.78, 5) is 17.4. The Labute approximate surface area is 186 Å². The number of hydrogen-bond donors (Lipinski definition) is 3. The van der Waals surface area contributed by atoms with E-state index in [1.807, 2.05) is 12.1 Å². The third-order valence-electron chi connectivity index (χ3n) is 5.84. The summed E-state index contributed by atoms with van der Waals surface area (Å²) >= 11 is 0. The van der Waals surface area contributed by atoms with Crippen molar-refractivity contribution in [3.63, 3.8) is 0 Å². The second kappa shape index (κ2) is 7.85. The average molecular weight is 428 g/mol. The van der Waals surface area contributed by atoms with Gasteiger partial charge in [-0.2, -0.15) is 5.10 Å². The third-order valence-corrected chi connectivity index (χ3v) is 5.84. The van der Waals surface area contributed by atoms with Crippen molar-refractivity contribution in [1.82, 2.24) is 19.9 Å². The number of carbonyl (C=O) groups is 1. The predicted molar refractivity (Wildman–Crippen MR) is 123 cm³/mol. The molecule has 32 heavy (non-hydrogen) atoms. The van der Waals surface area contributed by atoms with E-state index in [-0.39, 0.29) is 5.91 Å². The van der Waals surface area contributed by atoms with Gasteiger partial charge >= 0.3 is 0 Å². The summed E-state index contributed by atoms with van der Waals surface area (Å²) < 4.78 is 1.78. The molecular formula is C25H25N5O2. The highest BCUT2D eigenvalue weighted by Crippen LogP contribution is 2.27. The van der Waals surface area contributed by atoms with E-state index in [2.05, 4.69) is 38.9 Å². The molecule has 162 valence electrons. The van der Waals surface area contributed by atoms with Gasteiger partial charge in [-0.15, -0.1) is 0 Å². The Morgan fingerprint density at radius 1 is 1.09 bits per heavy atom. The average Bonchev–Trinajstić information content (AvgIpc) is 3.26. The fraction of sp³-hybridized carbons (Fsp3) is 0.240. The number of fused-ring (bicyclic) bond motifs is 2. The van der Waals surface area contributed by atoms with E-state index in [0.717, 1.165) is 36.3 Å². The maximum absolute atomic E-state index is 12.8. The largest absolute Gasteiger partial charge is 0.386 e. The molecule has 0 saturated carbocycles. The molecule has 1 amide bonds. The predicted octanol–water partition coefficient (Wildman–Crippen LogP) is 3.52. The van der Waals surface area contributed by atoms with Crippen LogP contribution in [-0.4, -0.2) is 32.2 Å². The first kappa shape index (κ1) is 20.4. The van der Waals surface area contributed by atoms with Crippen LogP contribution >= 0.6 is 0 Å². The maximum Gasteiger partial charge on any atom is 0.256 e. The molecule has 0 unspecified atom stereocenters. The second-order valence-corrected chi connectivity index (χ2v) is 8.63. The molecule has 5 rings (SSSR count). The summed E-state index contributed by atoms with van der Waals surface area (Å²) in [6.07, 6.45) is 2.73. The molecule has 4 aromatic rings. The van der Waals surface area contributed by atoms with Crippen molar-refractivity contribution in [3.8, 4) is 11.3 Å². The third kappa shape index (κ3) is 3.88. The molecule has 2 aromatic carbocycles. The zero-order valence-corrected chi connectivity index (χ0v) is 18.1. The van der Waals surface area contributed by atoms with E-state index in [1.54, 1.807) is 48.8 Å². The van der Waals surface area contributed by atoms with Gasteiger partial charge in [0.1, 0.15) is 5.82 Å². The zero-order chi connectivity index (χ0) is 22.3. The zero-order valence-electron chi connectivity index (χ0n) is 18.1. The van der Waals surface area contributed by atoms with Crippen molar-refractivity contribution in [1.29, 1.82) is 0 Å². The lowest BCUT2D eigenvalue weighted by molar-refractivity contribution is 0.0785. The normalized spacial score (nSPS) is 13.7. The fourth-order valence-corrected chi connectivity index (χ4v) is 4.04. The van der Waals surface area contributed by atoms with Crippen molar-refractivity contribution in [2.24, 2.45) is 0 Å². The second-order valence-electron chi connectivity index (χ2n) is 8.63. The number of benzene rings is 2. The molecule has 1 aliphatic heterocycles. The first-order chi connectivity index (χ1) is 15.4. The molecule has 7 nitrogen and oxygen atoms in total. The number of rotatable bonds is 4. The van der Waals surface area contributed by atoms with E-state index in [4.69, 9.17) is 0 Å². The van der Waals surface area contributed by atoms with Crippen LogP contribution in [0.3, 0.4) is 0 Å². The van der Waals surface area contributed by atoms with Crippen molar-refractivity contribution in [3.05, 3.63) is 83.0 Å². The molecule has 3 heterocycles. The van der Waals surface area contributed by atoms with Gasteiger partial charge in [0.25, 0.3) is 5.91 Å². The number of aromatic nitrogens is 3. The van der Waals surface area contributed by atoms with Gasteiger partial charge in [-0.3, -0.25) is 4.79 Å². The number of nitrogens with one attached hydrogen (secondary N) is 2. The number of anilines is 1. The van der Waals surface area contributed by atoms with Crippen LogP contribution < -0.4 is 10.6 Å². The van der Waals surface area contributed by atoms with Gasteiger partial charge in [-0.25, -0.2) is 9.50 Å². The van der Waals surface area contributed by atoms with Gasteiger partial charge in [0.05, 0.1) is 17.5 Å². The highest BCUT2D eigenvalue weighted by molar-refractivity contribution is 6.04. The van der Waals surface area contributed by atoms with Gasteiger partial charge < -0.3 is 15.7 Å². The standard InChI is InChI=1S/C25H25N5O2/c1-25(2,32)20-7-5-17(6-8-20)24(31)29-22-14-21(30-23(28-22)10-12-27-30)18-4-3-16-9-11-26-15-19(16)13-18/h3-8,10,12-14,26,32H,9,11,15H2,1-2H3,(H,28,29,31). The Hall–Kier alpha value is -3.55. The highest BCUT2D eigenvalue weighted by atomic mass is 16.3. The molecule has 1 aliphatic rings. The topological polar surface area (TPSA) is 91.5 Å². The number of nitrogens with zero attached hydrogens (tertiary/aromatic N) is 3. The van der Waals surface area contributed by atoms with E-state index < -0.39 is 5.60 Å². The molecule has 0 spiro atoms. The molecule has 0 radical (unpaired) electrons. The minimum atomic E-state index is -0.955. The minimum absolute atomic E-state index is 0.260. The molecule has 0 saturated heterocycles. The van der Waals surface area contributed by atoms with Crippen molar-refractivity contribution in [2.75, 3.05) is 11.9 Å². The Bertz CT molecular complexity index is 1300. The summed E-state index contributed by atoms with van der Waals surface area (Å²) in [5.74, 6) is 0.199. The van der Waals surface area contributed by atoms with Crippen LogP contribution in [0.4, 0.5) is 5.82 Å². The van der Waals surface area contributed by atoms with Crippen LogP contribution in [0.2, 0.25) is 0 Å². The van der Waals surface area contributed by atoms with Gasteiger partial charge in [0.2, 0.25) is 0 Å². The molecule has 0 fully saturated rings. The number of amides is 1. The lowest BCUT2D eigenvalue weighted by atomic mass is 9.97. The monoisotopic (exact) mass is 427 g/mol. The molecule has 7 heteroatoms. The quantitative estimate of drug-likeness (QED) is 0.464. The molecule has 0 aliphatic carbocycles. The van der Waals surface area contributed by atoms with Gasteiger partial charge in [0.15, 0.2) is 5.65 Å². The Morgan fingerprint density at radius 2 is 1.91 bits per heavy atom. The molecule has 0 atom stereocenters. The first-order valence-corrected chi connectivity index (χ1v) is 10.7. The number of aliphatic hydroxyl groups is 1. The lowest BCUT2D eigenvalue weighted by Crippen LogP contribution is -2.23. The van der Waals surface area contributed by atoms with E-state index in [1.165, 1.54) is 11.1 Å². The van der Waals surface area contributed by atoms with E-state index >= 15 is 0 Å². The van der Waals surface area contributed by atoms with Crippen LogP contribution in [-0.2, 0) is 18.6 Å². The summed E-state index contributed by atoms with van der Waals surface area (Å²) in [5.41, 5.74) is 5.47. The first-order valence-electron chi connectivity index (χ1n) is 10.7. The molecule has 0 bridgehead atoms. The van der Waals surface area contributed by atoms with Crippen molar-refractivity contribution in [2.45, 2.75) is 32.4 Å². The van der Waals surface area contributed by atoms with E-state index in [9.17, 15) is 9.90 Å². The summed E-state index contributed by atoms with van der Waals surface area (Å²) in [7, 11) is 0. The lowest BCUT2D eigenvalue weighted by Gasteiger charge is -2.18. The Morgan fingerprint density at radius 3 is 2.69 bits per heavy atom. The fourth-order valence-electron chi connectivity index (χ4n) is 4.04. The van der Waals surface area contributed by atoms with Crippen LogP contribution in [0, 0.1) is 0 Å². The van der Waals surface area contributed by atoms with Gasteiger partial charge in [-0.05, 0) is 61.7 Å². The van der Waals surface area contributed by atoms with Gasteiger partial charge in [-0.1, -0.05) is 24.3 Å². The summed E-state index contributed by atoms with van der Waals surface area (Å²) in [6, 6.07) is 17.0.